The van der Waals surface area contributed by atoms with E-state index in [2.05, 4.69) is 33.7 Å². The molecule has 2 aromatic heterocycles. The quantitative estimate of drug-likeness (QED) is 0.196. The van der Waals surface area contributed by atoms with Crippen LogP contribution in [0, 0.1) is 11.3 Å². The number of amides is 2. The van der Waals surface area contributed by atoms with Gasteiger partial charge in [0, 0.05) is 37.2 Å². The van der Waals surface area contributed by atoms with Gasteiger partial charge in [-0.2, -0.15) is 10.4 Å². The van der Waals surface area contributed by atoms with Crippen molar-refractivity contribution in [2.75, 3.05) is 16.8 Å². The second-order valence-corrected chi connectivity index (χ2v) is 9.61. The van der Waals surface area contributed by atoms with Crippen molar-refractivity contribution in [3.8, 4) is 11.8 Å². The van der Waals surface area contributed by atoms with Crippen molar-refractivity contribution in [1.82, 2.24) is 20.1 Å². The lowest BCUT2D eigenvalue weighted by Gasteiger charge is -2.25. The average Bonchev–Trinajstić information content (AvgIpc) is 3.50. The topological polar surface area (TPSA) is 136 Å². The molecule has 4 aromatic rings. The van der Waals surface area contributed by atoms with Gasteiger partial charge in [0.2, 0.25) is 0 Å². The predicted octanol–water partition coefficient (Wildman–Crippen LogP) is 5.61. The summed E-state index contributed by atoms with van der Waals surface area (Å²) < 4.78 is 1.49. The molecule has 2 aromatic carbocycles. The third-order valence-corrected chi connectivity index (χ3v) is 6.60. The van der Waals surface area contributed by atoms with Gasteiger partial charge in [-0.25, -0.2) is 19.3 Å². The highest BCUT2D eigenvalue weighted by Gasteiger charge is 2.18. The number of hydrogen-bond donors (Lipinski definition) is 3. The summed E-state index contributed by atoms with van der Waals surface area (Å²) in [5.74, 6) is -0.319. The maximum absolute atomic E-state index is 13.4. The van der Waals surface area contributed by atoms with Crippen LogP contribution in [-0.4, -0.2) is 44.5 Å². The minimum atomic E-state index is -1.04. The summed E-state index contributed by atoms with van der Waals surface area (Å²) in [5.41, 5.74) is 3.03. The molecule has 1 atom stereocenters. The number of carboxylic acids is 1. The first-order valence-electron chi connectivity index (χ1n) is 13.6. The van der Waals surface area contributed by atoms with Gasteiger partial charge >= 0.3 is 12.0 Å². The molecule has 0 saturated carbocycles. The van der Waals surface area contributed by atoms with E-state index in [1.807, 2.05) is 60.7 Å². The molecule has 0 aliphatic carbocycles. The van der Waals surface area contributed by atoms with Gasteiger partial charge in [0.25, 0.3) is 0 Å². The fourth-order valence-electron chi connectivity index (χ4n) is 4.46. The number of nitrogens with one attached hydrogen (secondary N) is 2. The van der Waals surface area contributed by atoms with E-state index in [-0.39, 0.29) is 17.6 Å². The summed E-state index contributed by atoms with van der Waals surface area (Å²) in [6, 6.07) is 22.6. The van der Waals surface area contributed by atoms with Crippen LogP contribution >= 0.6 is 0 Å². The summed E-state index contributed by atoms with van der Waals surface area (Å²) in [5, 5.41) is 28.8. The van der Waals surface area contributed by atoms with Gasteiger partial charge in [-0.15, -0.1) is 0 Å². The highest BCUT2D eigenvalue weighted by molar-refractivity contribution is 5.92. The molecule has 0 spiro atoms. The zero-order chi connectivity index (χ0) is 29.0. The Balaban J connectivity index is 1.45. The Bertz CT molecular complexity index is 1460. The largest absolute Gasteiger partial charge is 0.478 e. The maximum Gasteiger partial charge on any atom is 0.338 e. The summed E-state index contributed by atoms with van der Waals surface area (Å²) in [6.45, 7) is 3.03. The Hall–Kier alpha value is -5.17. The minimum absolute atomic E-state index is 0.0995. The fourth-order valence-corrected chi connectivity index (χ4v) is 4.46. The first kappa shape index (κ1) is 28.8. The molecule has 2 heterocycles. The lowest BCUT2D eigenvalue weighted by atomic mass is 10.1. The number of urea groups is 1. The molecule has 0 radical (unpaired) electrons. The third-order valence-electron chi connectivity index (χ3n) is 6.60. The molecule has 0 bridgehead atoms. The van der Waals surface area contributed by atoms with E-state index in [9.17, 15) is 14.7 Å². The molecular weight excluding hydrogens is 518 g/mol. The van der Waals surface area contributed by atoms with Gasteiger partial charge in [-0.05, 0) is 61.2 Å². The second kappa shape index (κ2) is 14.3. The van der Waals surface area contributed by atoms with Crippen molar-refractivity contribution in [3.05, 3.63) is 102 Å². The Labute approximate surface area is 239 Å². The molecule has 41 heavy (non-hydrogen) atoms. The van der Waals surface area contributed by atoms with E-state index in [0.717, 1.165) is 42.8 Å². The zero-order valence-electron chi connectivity index (χ0n) is 22.9. The number of carboxylic acid groups (broad SMARTS) is 1. The van der Waals surface area contributed by atoms with Gasteiger partial charge in [0.05, 0.1) is 23.0 Å². The van der Waals surface area contributed by atoms with Crippen LogP contribution in [0.5, 0.6) is 0 Å². The van der Waals surface area contributed by atoms with E-state index in [1.165, 1.54) is 17.1 Å². The minimum Gasteiger partial charge on any atom is -0.478 e. The lowest BCUT2D eigenvalue weighted by Crippen LogP contribution is -2.40. The van der Waals surface area contributed by atoms with Gasteiger partial charge in [-0.3, -0.25) is 4.90 Å². The van der Waals surface area contributed by atoms with Crippen LogP contribution in [0.3, 0.4) is 0 Å². The van der Waals surface area contributed by atoms with Crippen LogP contribution < -0.4 is 15.5 Å². The number of pyridine rings is 1. The number of nitriles is 1. The molecule has 4 rings (SSSR count). The molecule has 0 aliphatic rings. The number of benzene rings is 2. The lowest BCUT2D eigenvalue weighted by molar-refractivity contribution is 0.0697. The summed E-state index contributed by atoms with van der Waals surface area (Å²) in [4.78, 5) is 30.7. The van der Waals surface area contributed by atoms with Crippen LogP contribution in [0.2, 0.25) is 0 Å². The molecule has 0 saturated heterocycles. The van der Waals surface area contributed by atoms with Crippen molar-refractivity contribution in [2.45, 2.75) is 45.2 Å². The number of rotatable bonds is 13. The van der Waals surface area contributed by atoms with Gasteiger partial charge in [0.15, 0.2) is 0 Å². The molecule has 10 heteroatoms. The number of anilines is 2. The highest BCUT2D eigenvalue weighted by Crippen LogP contribution is 2.20. The van der Waals surface area contributed by atoms with Crippen molar-refractivity contribution in [1.29, 1.82) is 5.26 Å². The Morgan fingerprint density at radius 3 is 2.46 bits per heavy atom. The molecule has 10 nitrogen and oxygen atoms in total. The predicted molar refractivity (Wildman–Crippen MR) is 157 cm³/mol. The highest BCUT2D eigenvalue weighted by atomic mass is 16.4. The van der Waals surface area contributed by atoms with Crippen LogP contribution in [0.15, 0.2) is 85.3 Å². The van der Waals surface area contributed by atoms with Gasteiger partial charge in [0.1, 0.15) is 11.9 Å². The van der Waals surface area contributed by atoms with E-state index in [0.29, 0.717) is 24.3 Å². The number of carbonyl (C=O) groups excluding carboxylic acids is 1. The molecular formula is C31H33N7O3. The van der Waals surface area contributed by atoms with Crippen molar-refractivity contribution in [2.24, 2.45) is 0 Å². The molecule has 1 unspecified atom stereocenters. The smallest absolute Gasteiger partial charge is 0.338 e. The van der Waals surface area contributed by atoms with Crippen LogP contribution in [0.25, 0.3) is 5.69 Å². The number of nitrogens with zero attached hydrogens (tertiary/aromatic N) is 5. The van der Waals surface area contributed by atoms with Crippen LogP contribution in [-0.2, 0) is 6.54 Å². The third kappa shape index (κ3) is 8.16. The van der Waals surface area contributed by atoms with Crippen LogP contribution in [0.4, 0.5) is 16.3 Å². The van der Waals surface area contributed by atoms with Gasteiger partial charge < -0.3 is 15.7 Å². The number of aromatic carboxylic acids is 1. The monoisotopic (exact) mass is 551 g/mol. The Kier molecular flexibility index (Phi) is 10.0. The number of aromatic nitrogens is 3. The molecule has 2 amide bonds. The van der Waals surface area contributed by atoms with E-state index < -0.39 is 5.97 Å². The summed E-state index contributed by atoms with van der Waals surface area (Å²) >= 11 is 0. The molecule has 3 N–H and O–H groups in total. The zero-order valence-corrected chi connectivity index (χ0v) is 22.9. The molecule has 0 aliphatic heterocycles. The first-order valence-corrected chi connectivity index (χ1v) is 13.6. The van der Waals surface area contributed by atoms with Crippen molar-refractivity contribution in [3.63, 3.8) is 0 Å². The van der Waals surface area contributed by atoms with Gasteiger partial charge in [-0.1, -0.05) is 43.7 Å². The Morgan fingerprint density at radius 2 is 1.83 bits per heavy atom. The summed E-state index contributed by atoms with van der Waals surface area (Å²) in [6.07, 6.45) is 7.81. The molecule has 0 fully saturated rings. The number of hydrogen-bond acceptors (Lipinski definition) is 6. The van der Waals surface area contributed by atoms with Crippen molar-refractivity contribution >= 4 is 23.5 Å². The van der Waals surface area contributed by atoms with Crippen LogP contribution in [0.1, 0.15) is 54.1 Å². The Morgan fingerprint density at radius 1 is 1.05 bits per heavy atom. The standard InChI is InChI=1S/C31H33N7O3/c1-2-7-26(36-29-16-11-24(18-32)20-33-29)10-6-17-37(31(41)34-19-23-8-4-3-5-9-23)27-12-14-28(15-13-27)38-22-25(21-35-38)30(39)40/h3-5,8-9,11-16,20-22,26H,2,6-7,10,17,19H2,1H3,(H,33,36)(H,34,41)(H,39,40). The average molecular weight is 552 g/mol. The summed E-state index contributed by atoms with van der Waals surface area (Å²) in [7, 11) is 0. The normalized spacial score (nSPS) is 11.3. The molecule has 210 valence electrons. The fraction of sp³-hybridized carbons (Fsp3) is 0.258. The number of carbonyl (C=O) groups is 2. The SMILES string of the molecule is CCCC(CCCN(C(=O)NCc1ccccc1)c1ccc(-n2cc(C(=O)O)cn2)cc1)Nc1ccc(C#N)cn1. The van der Waals surface area contributed by atoms with E-state index >= 15 is 0 Å². The van der Waals surface area contributed by atoms with E-state index in [4.69, 9.17) is 5.26 Å². The van der Waals surface area contributed by atoms with E-state index in [1.54, 1.807) is 17.2 Å². The maximum atomic E-state index is 13.4. The first-order chi connectivity index (χ1) is 20.0. The van der Waals surface area contributed by atoms with Crippen molar-refractivity contribution < 1.29 is 14.7 Å². The second-order valence-electron chi connectivity index (χ2n) is 9.61.